The molecule has 0 aliphatic carbocycles. The second-order valence-electron chi connectivity index (χ2n) is 7.51. The number of thiophene rings is 1. The molecule has 0 saturated carbocycles. The summed E-state index contributed by atoms with van der Waals surface area (Å²) in [6.45, 7) is 5.37. The molecule has 0 radical (unpaired) electrons. The van der Waals surface area contributed by atoms with Gasteiger partial charge < -0.3 is 9.80 Å². The second-order valence-corrected chi connectivity index (χ2v) is 8.94. The van der Waals surface area contributed by atoms with Crippen molar-refractivity contribution in [2.24, 2.45) is 0 Å². The lowest BCUT2D eigenvalue weighted by molar-refractivity contribution is 0.0751. The number of anilines is 1. The van der Waals surface area contributed by atoms with Gasteiger partial charge in [-0.15, -0.1) is 11.3 Å². The fraction of sp³-hybridized carbons (Fsp3) is 0.273. The molecule has 1 saturated heterocycles. The van der Waals surface area contributed by atoms with E-state index in [1.165, 1.54) is 11.3 Å². The standard InChI is InChI=1S/C22H21ClN6OS/c1-15-17-12-19(31-22(17)29(26-15)14-16-4-2-3-5-18(16)23)21(30)28-10-8-27(9-11-28)20-13-24-6-7-25-20/h2-7,12-13H,8-11,14H2,1H3. The molecule has 158 valence electrons. The van der Waals surface area contributed by atoms with Crippen LogP contribution in [0.2, 0.25) is 5.02 Å². The van der Waals surface area contributed by atoms with Crippen molar-refractivity contribution in [2.45, 2.75) is 13.5 Å². The van der Waals surface area contributed by atoms with Crippen LogP contribution in [0.25, 0.3) is 10.2 Å². The summed E-state index contributed by atoms with van der Waals surface area (Å²) >= 11 is 7.83. The zero-order valence-corrected chi connectivity index (χ0v) is 18.6. The molecular formula is C22H21ClN6OS. The summed E-state index contributed by atoms with van der Waals surface area (Å²) in [6.07, 6.45) is 5.12. The van der Waals surface area contributed by atoms with Crippen LogP contribution < -0.4 is 4.90 Å². The van der Waals surface area contributed by atoms with Crippen LogP contribution in [0.4, 0.5) is 5.82 Å². The highest BCUT2D eigenvalue weighted by atomic mass is 35.5. The average molecular weight is 453 g/mol. The van der Waals surface area contributed by atoms with E-state index in [0.717, 1.165) is 50.3 Å². The van der Waals surface area contributed by atoms with Crippen LogP contribution in [-0.2, 0) is 6.54 Å². The minimum atomic E-state index is 0.0729. The van der Waals surface area contributed by atoms with Crippen LogP contribution in [0.3, 0.4) is 0 Å². The van der Waals surface area contributed by atoms with E-state index in [-0.39, 0.29) is 5.91 Å². The maximum atomic E-state index is 13.2. The molecule has 5 rings (SSSR count). The van der Waals surface area contributed by atoms with E-state index in [1.807, 2.05) is 46.8 Å². The van der Waals surface area contributed by atoms with E-state index in [1.54, 1.807) is 18.6 Å². The van der Waals surface area contributed by atoms with Gasteiger partial charge >= 0.3 is 0 Å². The normalized spacial score (nSPS) is 14.4. The summed E-state index contributed by atoms with van der Waals surface area (Å²) in [7, 11) is 0. The third kappa shape index (κ3) is 3.88. The molecule has 0 unspecified atom stereocenters. The van der Waals surface area contributed by atoms with Crippen LogP contribution in [0.15, 0.2) is 48.9 Å². The molecule has 1 fully saturated rings. The monoisotopic (exact) mass is 452 g/mol. The third-order valence-corrected chi connectivity index (χ3v) is 7.04. The zero-order chi connectivity index (χ0) is 21.4. The first kappa shape index (κ1) is 20.0. The van der Waals surface area contributed by atoms with Crippen LogP contribution in [0.1, 0.15) is 20.9 Å². The molecular weight excluding hydrogens is 432 g/mol. The van der Waals surface area contributed by atoms with Crippen molar-refractivity contribution in [3.8, 4) is 0 Å². The molecule has 4 aromatic rings. The van der Waals surface area contributed by atoms with Crippen LogP contribution in [0, 0.1) is 6.92 Å². The van der Waals surface area contributed by atoms with Gasteiger partial charge in [0.15, 0.2) is 0 Å². The number of carbonyl (C=O) groups is 1. The predicted octanol–water partition coefficient (Wildman–Crippen LogP) is 3.86. The second kappa shape index (κ2) is 8.28. The number of aromatic nitrogens is 4. The summed E-state index contributed by atoms with van der Waals surface area (Å²) in [5.41, 5.74) is 1.93. The van der Waals surface area contributed by atoms with Gasteiger partial charge in [-0.3, -0.25) is 14.5 Å². The Balaban J connectivity index is 1.34. The molecule has 1 aliphatic heterocycles. The van der Waals surface area contributed by atoms with Crippen molar-refractivity contribution in [2.75, 3.05) is 31.1 Å². The van der Waals surface area contributed by atoms with Gasteiger partial charge in [-0.05, 0) is 24.6 Å². The lowest BCUT2D eigenvalue weighted by Gasteiger charge is -2.35. The molecule has 1 aliphatic rings. The molecule has 7 nitrogen and oxygen atoms in total. The minimum absolute atomic E-state index is 0.0729. The minimum Gasteiger partial charge on any atom is -0.352 e. The van der Waals surface area contributed by atoms with Crippen molar-refractivity contribution in [3.05, 3.63) is 70.1 Å². The Morgan fingerprint density at radius 2 is 1.97 bits per heavy atom. The summed E-state index contributed by atoms with van der Waals surface area (Å²) < 4.78 is 1.94. The molecule has 0 bridgehead atoms. The topological polar surface area (TPSA) is 67.2 Å². The van der Waals surface area contributed by atoms with Gasteiger partial charge in [0.2, 0.25) is 0 Å². The highest BCUT2D eigenvalue weighted by molar-refractivity contribution is 7.20. The van der Waals surface area contributed by atoms with Crippen molar-refractivity contribution in [1.82, 2.24) is 24.6 Å². The fourth-order valence-corrected chi connectivity index (χ4v) is 5.19. The number of amides is 1. The largest absolute Gasteiger partial charge is 0.352 e. The molecule has 9 heteroatoms. The number of carbonyl (C=O) groups excluding carboxylic acids is 1. The predicted molar refractivity (Wildman–Crippen MR) is 123 cm³/mol. The van der Waals surface area contributed by atoms with Crippen molar-refractivity contribution < 1.29 is 4.79 Å². The number of piperazine rings is 1. The average Bonchev–Trinajstić information content (AvgIpc) is 3.37. The van der Waals surface area contributed by atoms with Crippen LogP contribution in [0.5, 0.6) is 0 Å². The maximum Gasteiger partial charge on any atom is 0.264 e. The molecule has 0 atom stereocenters. The SMILES string of the molecule is Cc1nn(Cc2ccccc2Cl)c2sc(C(=O)N3CCN(c4cnccn4)CC3)cc12. The molecule has 0 N–H and O–H groups in total. The summed E-state index contributed by atoms with van der Waals surface area (Å²) in [6, 6.07) is 9.75. The van der Waals surface area contributed by atoms with Crippen molar-refractivity contribution in [1.29, 1.82) is 0 Å². The zero-order valence-electron chi connectivity index (χ0n) is 17.0. The van der Waals surface area contributed by atoms with Gasteiger partial charge in [0, 0.05) is 49.0 Å². The summed E-state index contributed by atoms with van der Waals surface area (Å²) in [4.78, 5) is 27.5. The van der Waals surface area contributed by atoms with E-state index in [9.17, 15) is 4.79 Å². The molecule has 1 amide bonds. The Labute approximate surface area is 188 Å². The van der Waals surface area contributed by atoms with Gasteiger partial charge in [0.1, 0.15) is 10.6 Å². The molecule has 1 aromatic carbocycles. The number of aryl methyl sites for hydroxylation is 1. The first-order valence-electron chi connectivity index (χ1n) is 10.1. The maximum absolute atomic E-state index is 13.2. The highest BCUT2D eigenvalue weighted by Crippen LogP contribution is 2.30. The van der Waals surface area contributed by atoms with Crippen molar-refractivity contribution >= 4 is 44.9 Å². The van der Waals surface area contributed by atoms with E-state index >= 15 is 0 Å². The van der Waals surface area contributed by atoms with Crippen LogP contribution >= 0.6 is 22.9 Å². The molecule has 31 heavy (non-hydrogen) atoms. The Morgan fingerprint density at radius 1 is 1.16 bits per heavy atom. The number of hydrogen-bond acceptors (Lipinski definition) is 6. The number of fused-ring (bicyclic) bond motifs is 1. The van der Waals surface area contributed by atoms with Crippen LogP contribution in [-0.4, -0.2) is 56.7 Å². The summed E-state index contributed by atoms with van der Waals surface area (Å²) in [5.74, 6) is 0.926. The van der Waals surface area contributed by atoms with E-state index < -0.39 is 0 Å². The van der Waals surface area contributed by atoms with E-state index in [0.29, 0.717) is 19.6 Å². The van der Waals surface area contributed by atoms with Gasteiger partial charge in [-0.25, -0.2) is 4.98 Å². The van der Waals surface area contributed by atoms with Crippen molar-refractivity contribution in [3.63, 3.8) is 0 Å². The molecule has 3 aromatic heterocycles. The van der Waals surface area contributed by atoms with Gasteiger partial charge in [-0.1, -0.05) is 29.8 Å². The number of rotatable bonds is 4. The Kier molecular flexibility index (Phi) is 5.33. The van der Waals surface area contributed by atoms with Gasteiger partial charge in [0.25, 0.3) is 5.91 Å². The Morgan fingerprint density at radius 3 is 2.71 bits per heavy atom. The smallest absolute Gasteiger partial charge is 0.264 e. The quantitative estimate of drug-likeness (QED) is 0.470. The fourth-order valence-electron chi connectivity index (χ4n) is 3.86. The Hall–Kier alpha value is -2.97. The third-order valence-electron chi connectivity index (χ3n) is 5.54. The number of hydrogen-bond donors (Lipinski definition) is 0. The van der Waals surface area contributed by atoms with Gasteiger partial charge in [-0.2, -0.15) is 5.10 Å². The number of benzene rings is 1. The first-order valence-corrected chi connectivity index (χ1v) is 11.3. The lowest BCUT2D eigenvalue weighted by atomic mass is 10.2. The van der Waals surface area contributed by atoms with E-state index in [2.05, 4.69) is 20.0 Å². The van der Waals surface area contributed by atoms with E-state index in [4.69, 9.17) is 11.6 Å². The molecule has 0 spiro atoms. The highest BCUT2D eigenvalue weighted by Gasteiger charge is 2.25. The number of nitrogens with zero attached hydrogens (tertiary/aromatic N) is 6. The first-order chi connectivity index (χ1) is 15.1. The summed E-state index contributed by atoms with van der Waals surface area (Å²) in [5, 5.41) is 6.41. The lowest BCUT2D eigenvalue weighted by Crippen LogP contribution is -2.48. The Bertz CT molecular complexity index is 1230. The molecule has 4 heterocycles. The van der Waals surface area contributed by atoms with Gasteiger partial charge in [0.05, 0.1) is 23.3 Å². The number of halogens is 1.